The van der Waals surface area contributed by atoms with Crippen molar-refractivity contribution in [2.45, 2.75) is 6.92 Å². The molecule has 26 heavy (non-hydrogen) atoms. The zero-order valence-electron chi connectivity index (χ0n) is 14.2. The second-order valence-electron chi connectivity index (χ2n) is 5.47. The molecule has 0 unspecified atom stereocenters. The van der Waals surface area contributed by atoms with Gasteiger partial charge in [-0.1, -0.05) is 0 Å². The van der Waals surface area contributed by atoms with E-state index in [1.807, 2.05) is 0 Å². The summed E-state index contributed by atoms with van der Waals surface area (Å²) in [6.07, 6.45) is 1.36. The highest BCUT2D eigenvalue weighted by molar-refractivity contribution is 6.18. The zero-order valence-corrected chi connectivity index (χ0v) is 15.0. The number of hydrogen-bond acceptors (Lipinski definition) is 6. The van der Waals surface area contributed by atoms with Crippen LogP contribution in [0.2, 0.25) is 0 Å². The van der Waals surface area contributed by atoms with Gasteiger partial charge in [0.25, 0.3) is 0 Å². The number of halogens is 2. The molecule has 136 valence electrons. The number of aromatic nitrogens is 2. The molecular weight excluding hydrogens is 361 g/mol. The van der Waals surface area contributed by atoms with Crippen molar-refractivity contribution < 1.29 is 19.0 Å². The Bertz CT molecular complexity index is 953. The van der Waals surface area contributed by atoms with Gasteiger partial charge in [0.05, 0.1) is 24.2 Å². The fourth-order valence-electron chi connectivity index (χ4n) is 2.52. The van der Waals surface area contributed by atoms with Crippen LogP contribution in [0.1, 0.15) is 5.56 Å². The van der Waals surface area contributed by atoms with Gasteiger partial charge in [-0.15, -0.1) is 11.6 Å². The molecule has 0 saturated carbocycles. The van der Waals surface area contributed by atoms with Gasteiger partial charge in [-0.2, -0.15) is 0 Å². The average molecular weight is 378 g/mol. The number of anilines is 2. The summed E-state index contributed by atoms with van der Waals surface area (Å²) in [5.74, 6) is 1.19. The number of ether oxygens (including phenoxy) is 2. The minimum Gasteiger partial charge on any atom is -0.508 e. The van der Waals surface area contributed by atoms with Crippen LogP contribution in [0.3, 0.4) is 0 Å². The maximum Gasteiger partial charge on any atom is 0.163 e. The minimum atomic E-state index is -0.499. The van der Waals surface area contributed by atoms with E-state index in [9.17, 15) is 9.50 Å². The van der Waals surface area contributed by atoms with Crippen LogP contribution in [0.15, 0.2) is 30.6 Å². The van der Waals surface area contributed by atoms with Crippen LogP contribution in [0.25, 0.3) is 10.9 Å². The number of methoxy groups -OCH3 is 1. The first-order valence-corrected chi connectivity index (χ1v) is 8.35. The molecular formula is C18H17ClFN3O3. The molecule has 0 spiro atoms. The first-order chi connectivity index (χ1) is 12.5. The number of benzene rings is 2. The number of nitrogens with one attached hydrogen (secondary N) is 1. The van der Waals surface area contributed by atoms with E-state index in [1.54, 1.807) is 19.1 Å². The summed E-state index contributed by atoms with van der Waals surface area (Å²) in [6, 6.07) is 5.90. The van der Waals surface area contributed by atoms with Gasteiger partial charge in [0, 0.05) is 17.0 Å². The molecule has 0 saturated heterocycles. The number of phenols is 1. The largest absolute Gasteiger partial charge is 0.508 e. The Morgan fingerprint density at radius 2 is 2.04 bits per heavy atom. The summed E-state index contributed by atoms with van der Waals surface area (Å²) in [4.78, 5) is 8.42. The van der Waals surface area contributed by atoms with Crippen molar-refractivity contribution in [1.29, 1.82) is 0 Å². The monoisotopic (exact) mass is 377 g/mol. The third-order valence-electron chi connectivity index (χ3n) is 3.88. The highest BCUT2D eigenvalue weighted by Crippen LogP contribution is 2.36. The number of alkyl halides is 1. The van der Waals surface area contributed by atoms with Crippen molar-refractivity contribution >= 4 is 34.0 Å². The van der Waals surface area contributed by atoms with E-state index in [0.717, 1.165) is 0 Å². The Labute approximate surface area is 154 Å². The number of nitrogens with zero attached hydrogens (tertiary/aromatic N) is 2. The number of fused-ring (bicyclic) bond motifs is 1. The van der Waals surface area contributed by atoms with Gasteiger partial charge in [0.15, 0.2) is 11.5 Å². The van der Waals surface area contributed by atoms with Gasteiger partial charge < -0.3 is 19.9 Å². The molecule has 0 radical (unpaired) electrons. The molecule has 2 N–H and O–H groups in total. The molecule has 0 aliphatic carbocycles. The summed E-state index contributed by atoms with van der Waals surface area (Å²) >= 11 is 5.67. The summed E-state index contributed by atoms with van der Waals surface area (Å²) in [7, 11) is 1.52. The second-order valence-corrected chi connectivity index (χ2v) is 5.85. The Morgan fingerprint density at radius 3 is 2.77 bits per heavy atom. The topological polar surface area (TPSA) is 76.5 Å². The maximum absolute atomic E-state index is 14.2. The van der Waals surface area contributed by atoms with Crippen molar-refractivity contribution in [2.24, 2.45) is 0 Å². The number of aromatic hydroxyl groups is 1. The van der Waals surface area contributed by atoms with E-state index in [-0.39, 0.29) is 11.4 Å². The SMILES string of the molecule is COc1cc2c(Nc3c(F)ccc(O)c3C)ncnc2cc1OCCCl. The van der Waals surface area contributed by atoms with Gasteiger partial charge >= 0.3 is 0 Å². The number of phenolic OH excluding ortho intramolecular Hbond substituents is 1. The first-order valence-electron chi connectivity index (χ1n) is 7.81. The lowest BCUT2D eigenvalue weighted by Crippen LogP contribution is -2.03. The van der Waals surface area contributed by atoms with Crippen LogP contribution < -0.4 is 14.8 Å². The first kappa shape index (κ1) is 18.0. The predicted molar refractivity (Wildman–Crippen MR) is 98.4 cm³/mol. The molecule has 0 aliphatic rings. The third-order valence-corrected chi connectivity index (χ3v) is 4.04. The van der Waals surface area contributed by atoms with Crippen LogP contribution in [-0.2, 0) is 0 Å². The highest BCUT2D eigenvalue weighted by Gasteiger charge is 2.15. The van der Waals surface area contributed by atoms with Crippen molar-refractivity contribution in [3.05, 3.63) is 42.0 Å². The molecule has 0 fully saturated rings. The van der Waals surface area contributed by atoms with E-state index in [1.165, 1.54) is 25.6 Å². The fraction of sp³-hybridized carbons (Fsp3) is 0.222. The quantitative estimate of drug-likeness (QED) is 0.628. The second kappa shape index (κ2) is 7.61. The van der Waals surface area contributed by atoms with Gasteiger partial charge in [-0.3, -0.25) is 0 Å². The van der Waals surface area contributed by atoms with Gasteiger partial charge in [-0.05, 0) is 25.1 Å². The fourth-order valence-corrected chi connectivity index (χ4v) is 2.60. The van der Waals surface area contributed by atoms with Crippen molar-refractivity contribution in [1.82, 2.24) is 9.97 Å². The maximum atomic E-state index is 14.2. The molecule has 3 rings (SSSR count). The molecule has 6 nitrogen and oxygen atoms in total. The van der Waals surface area contributed by atoms with E-state index >= 15 is 0 Å². The van der Waals surface area contributed by atoms with Crippen molar-refractivity contribution in [2.75, 3.05) is 24.9 Å². The van der Waals surface area contributed by atoms with Gasteiger partial charge in [-0.25, -0.2) is 14.4 Å². The van der Waals surface area contributed by atoms with E-state index in [2.05, 4.69) is 15.3 Å². The Balaban J connectivity index is 2.09. The molecule has 0 bridgehead atoms. The van der Waals surface area contributed by atoms with E-state index in [4.69, 9.17) is 21.1 Å². The number of rotatable bonds is 6. The Hall–Kier alpha value is -2.80. The number of hydrogen-bond donors (Lipinski definition) is 2. The third kappa shape index (κ3) is 3.43. The molecule has 1 aromatic heterocycles. The molecule has 1 heterocycles. The van der Waals surface area contributed by atoms with Crippen LogP contribution in [-0.4, -0.2) is 34.7 Å². The average Bonchev–Trinajstić information content (AvgIpc) is 2.65. The standard InChI is InChI=1S/C18H17ClFN3O3/c1-10-14(24)4-3-12(20)17(10)23-18-11-7-15(25-2)16(26-6-5-19)8-13(11)21-9-22-18/h3-4,7-9,24H,5-6H2,1-2H3,(H,21,22,23). The molecule has 0 amide bonds. The smallest absolute Gasteiger partial charge is 0.163 e. The molecule has 0 aliphatic heterocycles. The summed E-state index contributed by atoms with van der Waals surface area (Å²) < 4.78 is 25.1. The van der Waals surface area contributed by atoms with E-state index in [0.29, 0.717) is 46.3 Å². The Morgan fingerprint density at radius 1 is 1.23 bits per heavy atom. The lowest BCUT2D eigenvalue weighted by molar-refractivity contribution is 0.313. The van der Waals surface area contributed by atoms with Crippen LogP contribution in [0, 0.1) is 12.7 Å². The molecule has 8 heteroatoms. The molecule has 2 aromatic carbocycles. The Kier molecular flexibility index (Phi) is 5.27. The van der Waals surface area contributed by atoms with Crippen LogP contribution >= 0.6 is 11.6 Å². The van der Waals surface area contributed by atoms with Gasteiger partial charge in [0.1, 0.15) is 30.3 Å². The van der Waals surface area contributed by atoms with Crippen LogP contribution in [0.5, 0.6) is 17.2 Å². The molecule has 3 aromatic rings. The van der Waals surface area contributed by atoms with Crippen molar-refractivity contribution in [3.8, 4) is 17.2 Å². The lowest BCUT2D eigenvalue weighted by Gasteiger charge is -2.15. The van der Waals surface area contributed by atoms with E-state index < -0.39 is 5.82 Å². The van der Waals surface area contributed by atoms with Crippen LogP contribution in [0.4, 0.5) is 15.9 Å². The lowest BCUT2D eigenvalue weighted by atomic mass is 10.1. The summed E-state index contributed by atoms with van der Waals surface area (Å²) in [6.45, 7) is 1.94. The molecule has 0 atom stereocenters. The normalized spacial score (nSPS) is 10.8. The predicted octanol–water partition coefficient (Wildman–Crippen LogP) is 4.15. The minimum absolute atomic E-state index is 0.0124. The highest BCUT2D eigenvalue weighted by atomic mass is 35.5. The van der Waals surface area contributed by atoms with Crippen molar-refractivity contribution in [3.63, 3.8) is 0 Å². The summed E-state index contributed by atoms with van der Waals surface area (Å²) in [5, 5.41) is 13.4. The zero-order chi connectivity index (χ0) is 18.7. The summed E-state index contributed by atoms with van der Waals surface area (Å²) in [5.41, 5.74) is 1.11. The van der Waals surface area contributed by atoms with Gasteiger partial charge in [0.2, 0.25) is 0 Å².